The fraction of sp³-hybridized carbons (Fsp3) is 0. The molecule has 0 radical (unpaired) electrons. The van der Waals surface area contributed by atoms with E-state index in [1.165, 1.54) is 24.3 Å². The Morgan fingerprint density at radius 2 is 1.90 bits per heavy atom. The van der Waals surface area contributed by atoms with E-state index >= 15 is 0 Å². The van der Waals surface area contributed by atoms with E-state index in [4.69, 9.17) is 11.6 Å². The van der Waals surface area contributed by atoms with Gasteiger partial charge in [0.05, 0.1) is 9.82 Å². The molecule has 1 N–H and O–H groups in total. The third kappa shape index (κ3) is 3.72. The van der Waals surface area contributed by atoms with Gasteiger partial charge >= 0.3 is 0 Å². The second-order valence-electron chi connectivity index (χ2n) is 3.98. The summed E-state index contributed by atoms with van der Waals surface area (Å²) < 4.78 is 27.2. The third-order valence-corrected chi connectivity index (χ3v) is 4.60. The lowest BCUT2D eigenvalue weighted by atomic mass is 10.3. The van der Waals surface area contributed by atoms with Crippen LogP contribution in [0.5, 0.6) is 0 Å². The van der Waals surface area contributed by atoms with E-state index in [0.717, 1.165) is 6.07 Å². The number of benzene rings is 2. The van der Waals surface area contributed by atoms with Crippen molar-refractivity contribution in [2.45, 2.75) is 4.90 Å². The molecular formula is C12H8BrClN2O4S. The Morgan fingerprint density at radius 1 is 1.19 bits per heavy atom. The zero-order valence-electron chi connectivity index (χ0n) is 10.3. The van der Waals surface area contributed by atoms with Crippen molar-refractivity contribution in [1.82, 2.24) is 0 Å². The summed E-state index contributed by atoms with van der Waals surface area (Å²) in [6.07, 6.45) is 0. The molecule has 0 atom stereocenters. The van der Waals surface area contributed by atoms with Gasteiger partial charge in [-0.25, -0.2) is 8.42 Å². The van der Waals surface area contributed by atoms with Crippen molar-refractivity contribution >= 4 is 48.9 Å². The van der Waals surface area contributed by atoms with E-state index in [-0.39, 0.29) is 15.6 Å². The Labute approximate surface area is 134 Å². The van der Waals surface area contributed by atoms with Crippen LogP contribution in [0.3, 0.4) is 0 Å². The van der Waals surface area contributed by atoms with Crippen molar-refractivity contribution in [3.8, 4) is 0 Å². The highest BCUT2D eigenvalue weighted by Gasteiger charge is 2.21. The van der Waals surface area contributed by atoms with E-state index in [0.29, 0.717) is 4.47 Å². The molecule has 0 aromatic heterocycles. The molecule has 0 aliphatic rings. The predicted molar refractivity (Wildman–Crippen MR) is 83.1 cm³/mol. The molecule has 21 heavy (non-hydrogen) atoms. The highest BCUT2D eigenvalue weighted by Crippen LogP contribution is 2.30. The van der Waals surface area contributed by atoms with Gasteiger partial charge in [-0.1, -0.05) is 33.6 Å². The minimum absolute atomic E-state index is 0.0128. The zero-order chi connectivity index (χ0) is 15.6. The molecule has 0 saturated carbocycles. The van der Waals surface area contributed by atoms with Crippen LogP contribution < -0.4 is 4.72 Å². The first kappa shape index (κ1) is 15.7. The molecule has 0 saturated heterocycles. The van der Waals surface area contributed by atoms with Gasteiger partial charge < -0.3 is 0 Å². The summed E-state index contributed by atoms with van der Waals surface area (Å²) in [5.74, 6) is 0. The number of halogens is 2. The van der Waals surface area contributed by atoms with Crippen LogP contribution in [-0.4, -0.2) is 13.3 Å². The number of anilines is 1. The molecule has 2 aromatic carbocycles. The summed E-state index contributed by atoms with van der Waals surface area (Å²) in [6, 6.07) is 9.70. The summed E-state index contributed by atoms with van der Waals surface area (Å²) in [6.45, 7) is 0. The fourth-order valence-corrected chi connectivity index (χ4v) is 3.42. The Morgan fingerprint density at radius 3 is 2.52 bits per heavy atom. The maximum atomic E-state index is 12.2. The summed E-state index contributed by atoms with van der Waals surface area (Å²) in [4.78, 5) is 10.2. The van der Waals surface area contributed by atoms with Crippen molar-refractivity contribution < 1.29 is 13.3 Å². The molecular weight excluding hydrogens is 384 g/mol. The average molecular weight is 392 g/mol. The standard InChI is InChI=1S/C12H8BrClN2O4S/c13-8-2-1-3-10(6-8)21(19,20)15-11-5-4-9(14)7-12(11)16(17)18/h1-7,15H. The maximum absolute atomic E-state index is 12.2. The Hall–Kier alpha value is -1.64. The van der Waals surface area contributed by atoms with Gasteiger partial charge in [0.2, 0.25) is 0 Å². The van der Waals surface area contributed by atoms with Crippen molar-refractivity contribution in [2.24, 2.45) is 0 Å². The second-order valence-corrected chi connectivity index (χ2v) is 7.02. The number of nitrogens with one attached hydrogen (secondary N) is 1. The Kier molecular flexibility index (Phi) is 4.50. The molecule has 9 heteroatoms. The van der Waals surface area contributed by atoms with Gasteiger partial charge in [0, 0.05) is 15.6 Å². The van der Waals surface area contributed by atoms with E-state index in [1.54, 1.807) is 12.1 Å². The molecule has 110 valence electrons. The molecule has 0 spiro atoms. The highest BCUT2D eigenvalue weighted by atomic mass is 79.9. The number of hydrogen-bond donors (Lipinski definition) is 1. The van der Waals surface area contributed by atoms with Crippen LogP contribution in [0.25, 0.3) is 0 Å². The molecule has 0 aliphatic carbocycles. The van der Waals surface area contributed by atoms with Crippen molar-refractivity contribution in [1.29, 1.82) is 0 Å². The molecule has 0 heterocycles. The molecule has 2 rings (SSSR count). The number of sulfonamides is 1. The summed E-state index contributed by atoms with van der Waals surface area (Å²) in [5.41, 5.74) is -0.564. The van der Waals surface area contributed by atoms with Gasteiger partial charge in [0.1, 0.15) is 5.69 Å². The minimum Gasteiger partial charge on any atom is -0.273 e. The van der Waals surface area contributed by atoms with Gasteiger partial charge in [-0.2, -0.15) is 0 Å². The van der Waals surface area contributed by atoms with Crippen LogP contribution in [0, 0.1) is 10.1 Å². The number of nitro groups is 1. The Balaban J connectivity index is 2.44. The lowest BCUT2D eigenvalue weighted by Crippen LogP contribution is -2.14. The van der Waals surface area contributed by atoms with Gasteiger partial charge in [-0.3, -0.25) is 14.8 Å². The third-order valence-electron chi connectivity index (χ3n) is 2.51. The first-order valence-electron chi connectivity index (χ1n) is 5.52. The topological polar surface area (TPSA) is 89.3 Å². The first-order valence-corrected chi connectivity index (χ1v) is 8.17. The van der Waals surface area contributed by atoms with Gasteiger partial charge in [0.15, 0.2) is 0 Å². The zero-order valence-corrected chi connectivity index (χ0v) is 13.4. The number of rotatable bonds is 4. The van der Waals surface area contributed by atoms with E-state index in [1.807, 2.05) is 0 Å². The van der Waals surface area contributed by atoms with Gasteiger partial charge in [-0.05, 0) is 30.3 Å². The molecule has 0 fully saturated rings. The van der Waals surface area contributed by atoms with E-state index in [9.17, 15) is 18.5 Å². The second kappa shape index (κ2) is 6.00. The quantitative estimate of drug-likeness (QED) is 0.634. The predicted octanol–water partition coefficient (Wildman–Crippen LogP) is 3.81. The molecule has 0 unspecified atom stereocenters. The van der Waals surface area contributed by atoms with Crippen molar-refractivity contribution in [2.75, 3.05) is 4.72 Å². The monoisotopic (exact) mass is 390 g/mol. The number of nitrogens with zero attached hydrogens (tertiary/aromatic N) is 1. The maximum Gasteiger partial charge on any atom is 0.294 e. The molecule has 6 nitrogen and oxygen atoms in total. The number of nitro benzene ring substituents is 1. The van der Waals surface area contributed by atoms with E-state index < -0.39 is 20.6 Å². The van der Waals surface area contributed by atoms with E-state index in [2.05, 4.69) is 20.7 Å². The molecule has 0 amide bonds. The Bertz CT molecular complexity index is 811. The minimum atomic E-state index is -3.93. The van der Waals surface area contributed by atoms with Crippen LogP contribution in [0.15, 0.2) is 51.8 Å². The van der Waals surface area contributed by atoms with Crippen LogP contribution in [0.4, 0.5) is 11.4 Å². The fourth-order valence-electron chi connectivity index (χ4n) is 1.58. The summed E-state index contributed by atoms with van der Waals surface area (Å²) in [7, 11) is -3.93. The summed E-state index contributed by atoms with van der Waals surface area (Å²) in [5, 5.41) is 11.1. The molecule has 0 aliphatic heterocycles. The summed E-state index contributed by atoms with van der Waals surface area (Å²) >= 11 is 8.85. The lowest BCUT2D eigenvalue weighted by Gasteiger charge is -2.09. The average Bonchev–Trinajstić information content (AvgIpc) is 2.40. The van der Waals surface area contributed by atoms with Crippen molar-refractivity contribution in [3.05, 3.63) is 62.1 Å². The SMILES string of the molecule is O=[N+]([O-])c1cc(Cl)ccc1NS(=O)(=O)c1cccc(Br)c1. The normalized spacial score (nSPS) is 11.1. The van der Waals surface area contributed by atoms with Gasteiger partial charge in [-0.15, -0.1) is 0 Å². The largest absolute Gasteiger partial charge is 0.294 e. The van der Waals surface area contributed by atoms with Crippen LogP contribution in [0.1, 0.15) is 0 Å². The smallest absolute Gasteiger partial charge is 0.273 e. The molecule has 0 bridgehead atoms. The van der Waals surface area contributed by atoms with Crippen LogP contribution in [-0.2, 0) is 10.0 Å². The lowest BCUT2D eigenvalue weighted by molar-refractivity contribution is -0.383. The highest BCUT2D eigenvalue weighted by molar-refractivity contribution is 9.10. The van der Waals surface area contributed by atoms with Gasteiger partial charge in [0.25, 0.3) is 15.7 Å². The molecule has 2 aromatic rings. The van der Waals surface area contributed by atoms with Crippen LogP contribution >= 0.6 is 27.5 Å². The van der Waals surface area contributed by atoms with Crippen molar-refractivity contribution in [3.63, 3.8) is 0 Å². The number of hydrogen-bond acceptors (Lipinski definition) is 4. The first-order chi connectivity index (χ1) is 9.79. The van der Waals surface area contributed by atoms with Crippen LogP contribution in [0.2, 0.25) is 5.02 Å².